The van der Waals surface area contributed by atoms with E-state index in [-0.39, 0.29) is 6.10 Å². The van der Waals surface area contributed by atoms with Crippen molar-refractivity contribution in [2.24, 2.45) is 0 Å². The summed E-state index contributed by atoms with van der Waals surface area (Å²) in [5.74, 6) is 0.101. The summed E-state index contributed by atoms with van der Waals surface area (Å²) in [6, 6.07) is 7.69. The Hall–Kier alpha value is -1.55. The van der Waals surface area contributed by atoms with Crippen molar-refractivity contribution in [3.63, 3.8) is 0 Å². The Morgan fingerprint density at radius 3 is 2.65 bits per heavy atom. The summed E-state index contributed by atoms with van der Waals surface area (Å²) in [4.78, 5) is 13.9. The average molecular weight is 275 g/mol. The van der Waals surface area contributed by atoms with Gasteiger partial charge in [-0.2, -0.15) is 0 Å². The third-order valence-corrected chi connectivity index (χ3v) is 4.59. The molecule has 1 aliphatic carbocycles. The zero-order valence-corrected chi connectivity index (χ0v) is 11.8. The normalized spacial score (nSPS) is 22.4. The zero-order chi connectivity index (χ0) is 14.2. The third-order valence-electron chi connectivity index (χ3n) is 4.59. The Morgan fingerprint density at radius 2 is 2.05 bits per heavy atom. The molecule has 4 heteroatoms. The van der Waals surface area contributed by atoms with Crippen LogP contribution < -0.4 is 4.74 Å². The largest absolute Gasteiger partial charge is 0.488 e. The molecule has 1 aromatic carbocycles. The maximum absolute atomic E-state index is 11.7. The van der Waals surface area contributed by atoms with E-state index in [4.69, 9.17) is 4.74 Å². The van der Waals surface area contributed by atoms with Gasteiger partial charge in [0.15, 0.2) is 0 Å². The molecule has 1 heterocycles. The highest BCUT2D eigenvalue weighted by Gasteiger charge is 2.43. The molecule has 0 amide bonds. The first-order chi connectivity index (χ1) is 9.60. The highest BCUT2D eigenvalue weighted by Crippen LogP contribution is 2.42. The van der Waals surface area contributed by atoms with Gasteiger partial charge in [0.2, 0.25) is 0 Å². The second-order valence-electron chi connectivity index (χ2n) is 6.08. The van der Waals surface area contributed by atoms with E-state index in [1.54, 1.807) is 0 Å². The molecule has 108 valence electrons. The molecule has 2 fully saturated rings. The Labute approximate surface area is 119 Å². The van der Waals surface area contributed by atoms with Crippen LogP contribution in [0.1, 0.15) is 31.2 Å². The summed E-state index contributed by atoms with van der Waals surface area (Å²) in [5.41, 5.74) is 0.197. The summed E-state index contributed by atoms with van der Waals surface area (Å²) in [6.45, 7) is 1.88. The second-order valence-corrected chi connectivity index (χ2v) is 6.08. The molecule has 0 unspecified atom stereocenters. The van der Waals surface area contributed by atoms with Gasteiger partial charge in [-0.25, -0.2) is 0 Å². The van der Waals surface area contributed by atoms with E-state index in [0.717, 1.165) is 50.1 Å². The molecule has 0 atom stereocenters. The molecular weight excluding hydrogens is 254 g/mol. The molecule has 1 aliphatic heterocycles. The predicted molar refractivity (Wildman–Crippen MR) is 76.1 cm³/mol. The summed E-state index contributed by atoms with van der Waals surface area (Å²) < 4.78 is 5.91. The number of ether oxygens (including phenoxy) is 1. The highest BCUT2D eigenvalue weighted by molar-refractivity contribution is 5.82. The lowest BCUT2D eigenvalue weighted by Gasteiger charge is -2.36. The van der Waals surface area contributed by atoms with E-state index >= 15 is 0 Å². The van der Waals surface area contributed by atoms with Crippen LogP contribution in [-0.2, 0) is 10.2 Å². The van der Waals surface area contributed by atoms with E-state index in [9.17, 15) is 9.90 Å². The van der Waals surface area contributed by atoms with Gasteiger partial charge in [0, 0.05) is 13.1 Å². The Kier molecular flexibility index (Phi) is 3.42. The molecule has 3 rings (SSSR count). The predicted octanol–water partition coefficient (Wildman–Crippen LogP) is 2.28. The van der Waals surface area contributed by atoms with Gasteiger partial charge in [0.1, 0.15) is 11.9 Å². The van der Waals surface area contributed by atoms with Crippen LogP contribution in [0.25, 0.3) is 0 Å². The van der Waals surface area contributed by atoms with E-state index in [1.165, 1.54) is 0 Å². The fourth-order valence-electron chi connectivity index (χ4n) is 3.38. The first kappa shape index (κ1) is 13.4. The summed E-state index contributed by atoms with van der Waals surface area (Å²) in [5, 5.41) is 9.63. The average Bonchev–Trinajstić information content (AvgIpc) is 2.88. The van der Waals surface area contributed by atoms with Crippen molar-refractivity contribution in [3.05, 3.63) is 29.8 Å². The molecule has 0 spiro atoms. The van der Waals surface area contributed by atoms with Crippen LogP contribution in [-0.4, -0.2) is 42.2 Å². The lowest BCUT2D eigenvalue weighted by atomic mass is 9.79. The number of likely N-dealkylation sites (N-methyl/N-ethyl adjacent to an activating group) is 1. The molecule has 1 saturated carbocycles. The van der Waals surface area contributed by atoms with Crippen LogP contribution >= 0.6 is 0 Å². The molecule has 20 heavy (non-hydrogen) atoms. The number of likely N-dealkylation sites (tertiary alicyclic amines) is 1. The molecule has 0 radical (unpaired) electrons. The van der Waals surface area contributed by atoms with Crippen LogP contribution in [0.4, 0.5) is 0 Å². The topological polar surface area (TPSA) is 49.8 Å². The molecule has 2 aliphatic rings. The maximum Gasteiger partial charge on any atom is 0.314 e. The highest BCUT2D eigenvalue weighted by atomic mass is 16.5. The molecule has 1 saturated heterocycles. The zero-order valence-electron chi connectivity index (χ0n) is 11.8. The van der Waals surface area contributed by atoms with Gasteiger partial charge in [-0.1, -0.05) is 25.0 Å². The third kappa shape index (κ3) is 2.29. The van der Waals surface area contributed by atoms with Crippen LogP contribution in [0.3, 0.4) is 0 Å². The first-order valence-corrected chi connectivity index (χ1v) is 7.29. The number of carboxylic acid groups (broad SMARTS) is 1. The van der Waals surface area contributed by atoms with Gasteiger partial charge in [0.25, 0.3) is 0 Å². The SMILES string of the molecule is CN1CC(Oc2cccc(C3(C(=O)O)CCCC3)c2)C1. The molecule has 4 nitrogen and oxygen atoms in total. The summed E-state index contributed by atoms with van der Waals surface area (Å²) >= 11 is 0. The second kappa shape index (κ2) is 5.09. The lowest BCUT2D eigenvalue weighted by molar-refractivity contribution is -0.143. The van der Waals surface area contributed by atoms with E-state index in [1.807, 2.05) is 24.3 Å². The minimum atomic E-state index is -0.699. The standard InChI is InChI=1S/C16H21NO3/c1-17-10-14(11-17)20-13-6-4-5-12(9-13)16(15(18)19)7-2-3-8-16/h4-6,9,14H,2-3,7-8,10-11H2,1H3,(H,18,19). The monoisotopic (exact) mass is 275 g/mol. The summed E-state index contributed by atoms with van der Waals surface area (Å²) in [6.07, 6.45) is 3.69. The number of benzene rings is 1. The lowest BCUT2D eigenvalue weighted by Crippen LogP contribution is -2.51. The number of rotatable bonds is 4. The van der Waals surface area contributed by atoms with Crippen LogP contribution in [0.15, 0.2) is 24.3 Å². The molecule has 1 N–H and O–H groups in total. The molecule has 1 aromatic rings. The van der Waals surface area contributed by atoms with Crippen LogP contribution in [0.2, 0.25) is 0 Å². The minimum Gasteiger partial charge on any atom is -0.488 e. The van der Waals surface area contributed by atoms with E-state index < -0.39 is 11.4 Å². The fraction of sp³-hybridized carbons (Fsp3) is 0.562. The van der Waals surface area contributed by atoms with E-state index in [0.29, 0.717) is 0 Å². The maximum atomic E-state index is 11.7. The number of nitrogens with zero attached hydrogens (tertiary/aromatic N) is 1. The van der Waals surface area contributed by atoms with Crippen molar-refractivity contribution in [1.29, 1.82) is 0 Å². The molecular formula is C16H21NO3. The Bertz CT molecular complexity index is 502. The minimum absolute atomic E-state index is 0.236. The fourth-order valence-corrected chi connectivity index (χ4v) is 3.38. The number of carboxylic acids is 1. The first-order valence-electron chi connectivity index (χ1n) is 7.29. The van der Waals surface area contributed by atoms with Gasteiger partial charge in [-0.05, 0) is 37.6 Å². The van der Waals surface area contributed by atoms with E-state index in [2.05, 4.69) is 11.9 Å². The molecule has 0 aromatic heterocycles. The van der Waals surface area contributed by atoms with Crippen molar-refractivity contribution >= 4 is 5.97 Å². The van der Waals surface area contributed by atoms with Crippen molar-refractivity contribution < 1.29 is 14.6 Å². The van der Waals surface area contributed by atoms with Gasteiger partial charge < -0.3 is 9.84 Å². The number of carbonyl (C=O) groups is 1. The summed E-state index contributed by atoms with van der Waals surface area (Å²) in [7, 11) is 2.06. The van der Waals surface area contributed by atoms with Gasteiger partial charge in [0.05, 0.1) is 5.41 Å². The van der Waals surface area contributed by atoms with Crippen LogP contribution in [0.5, 0.6) is 5.75 Å². The number of hydrogen-bond donors (Lipinski definition) is 1. The Balaban J connectivity index is 1.81. The molecule has 0 bridgehead atoms. The smallest absolute Gasteiger partial charge is 0.314 e. The number of aliphatic carboxylic acids is 1. The van der Waals surface area contributed by atoms with Crippen molar-refractivity contribution in [2.75, 3.05) is 20.1 Å². The van der Waals surface area contributed by atoms with Crippen LogP contribution in [0, 0.1) is 0 Å². The van der Waals surface area contributed by atoms with Gasteiger partial charge >= 0.3 is 5.97 Å². The van der Waals surface area contributed by atoms with Gasteiger partial charge in [-0.3, -0.25) is 9.69 Å². The van der Waals surface area contributed by atoms with Gasteiger partial charge in [-0.15, -0.1) is 0 Å². The Morgan fingerprint density at radius 1 is 1.35 bits per heavy atom. The van der Waals surface area contributed by atoms with Crippen molar-refractivity contribution in [1.82, 2.24) is 4.90 Å². The number of hydrogen-bond acceptors (Lipinski definition) is 3. The van der Waals surface area contributed by atoms with Crippen molar-refractivity contribution in [3.8, 4) is 5.75 Å². The quantitative estimate of drug-likeness (QED) is 0.916. The van der Waals surface area contributed by atoms with Crippen molar-refractivity contribution in [2.45, 2.75) is 37.2 Å².